The first-order valence-corrected chi connectivity index (χ1v) is 5.78. The average molecular weight is 310 g/mol. The van der Waals surface area contributed by atoms with Crippen LogP contribution < -0.4 is 0 Å². The summed E-state index contributed by atoms with van der Waals surface area (Å²) in [5, 5.41) is 9.05. The molecular formula is C7H4BrNO6S. The first-order chi connectivity index (χ1) is 7.38. The molecule has 1 rings (SSSR count). The van der Waals surface area contributed by atoms with E-state index >= 15 is 0 Å². The second-order valence-corrected chi connectivity index (χ2v) is 4.81. The van der Waals surface area contributed by atoms with Gasteiger partial charge in [-0.2, -0.15) is 11.7 Å². The highest BCUT2D eigenvalue weighted by molar-refractivity contribution is 9.07. The molecule has 0 bridgehead atoms. The molecule has 0 spiro atoms. The Kier molecular flexibility index (Phi) is 3.73. The van der Waals surface area contributed by atoms with Gasteiger partial charge in [0, 0.05) is 17.7 Å². The van der Waals surface area contributed by atoms with Gasteiger partial charge in [-0.25, -0.2) is 0 Å². The van der Waals surface area contributed by atoms with Crippen molar-refractivity contribution in [3.05, 3.63) is 39.9 Å². The van der Waals surface area contributed by atoms with Crippen LogP contribution in [0.1, 0.15) is 10.4 Å². The van der Waals surface area contributed by atoms with Crippen LogP contribution in [0.15, 0.2) is 24.3 Å². The van der Waals surface area contributed by atoms with Crippen LogP contribution in [0, 0.1) is 10.1 Å². The predicted molar refractivity (Wildman–Crippen MR) is 56.4 cm³/mol. The van der Waals surface area contributed by atoms with Crippen molar-refractivity contribution in [2.45, 2.75) is 0 Å². The number of non-ortho nitro benzene ring substituents is 1. The van der Waals surface area contributed by atoms with Gasteiger partial charge in [0.05, 0.1) is 4.92 Å². The number of halogens is 1. The van der Waals surface area contributed by atoms with Gasteiger partial charge in [-0.1, -0.05) is 6.07 Å². The van der Waals surface area contributed by atoms with Gasteiger partial charge in [-0.05, 0) is 6.07 Å². The van der Waals surface area contributed by atoms with Gasteiger partial charge in [0.2, 0.25) is 0 Å². The van der Waals surface area contributed by atoms with Crippen LogP contribution in [0.4, 0.5) is 5.69 Å². The third kappa shape index (κ3) is 2.62. The number of carbonyl (C=O) groups is 1. The van der Waals surface area contributed by atoms with Gasteiger partial charge in [-0.15, -0.1) is 0 Å². The summed E-state index contributed by atoms with van der Waals surface area (Å²) in [6.45, 7) is 0. The molecule has 16 heavy (non-hydrogen) atoms. The number of nitro groups is 1. The zero-order chi connectivity index (χ0) is 12.3. The Bertz CT molecular complexity index is 540. The van der Waals surface area contributed by atoms with E-state index in [9.17, 15) is 23.3 Å². The Labute approximate surface area is 98.8 Å². The van der Waals surface area contributed by atoms with Crippen LogP contribution in [0.5, 0.6) is 0 Å². The van der Waals surface area contributed by atoms with Gasteiger partial charge in [-0.3, -0.25) is 14.9 Å². The van der Waals surface area contributed by atoms with E-state index in [2.05, 4.69) is 19.5 Å². The van der Waals surface area contributed by atoms with E-state index in [0.29, 0.717) is 0 Å². The summed E-state index contributed by atoms with van der Waals surface area (Å²) in [5.74, 6) is 0. The maximum Gasteiger partial charge on any atom is 0.346 e. The molecule has 9 heteroatoms. The standard InChI is InChI=1S/C7H4BrNO6S/c8-15-16(13,14)7(10)5-2-1-3-6(4-5)9(11)12/h1-4H. The van der Waals surface area contributed by atoms with Gasteiger partial charge < -0.3 is 0 Å². The van der Waals surface area contributed by atoms with E-state index in [1.54, 1.807) is 0 Å². The van der Waals surface area contributed by atoms with Crippen LogP contribution in [0.3, 0.4) is 0 Å². The summed E-state index contributed by atoms with van der Waals surface area (Å²) in [6, 6.07) is 4.33. The van der Waals surface area contributed by atoms with Gasteiger partial charge in [0.15, 0.2) is 0 Å². The molecule has 0 unspecified atom stereocenters. The summed E-state index contributed by atoms with van der Waals surface area (Å²) in [5.41, 5.74) is -0.718. The largest absolute Gasteiger partial charge is 0.346 e. The molecule has 0 N–H and O–H groups in total. The Morgan fingerprint density at radius 1 is 1.44 bits per heavy atom. The van der Waals surface area contributed by atoms with Crippen molar-refractivity contribution in [1.29, 1.82) is 0 Å². The Hall–Kier alpha value is -1.32. The Balaban J connectivity index is 3.21. The lowest BCUT2D eigenvalue weighted by Gasteiger charge is -1.98. The second-order valence-electron chi connectivity index (χ2n) is 2.61. The highest BCUT2D eigenvalue weighted by Crippen LogP contribution is 2.16. The number of nitro benzene ring substituents is 1. The van der Waals surface area contributed by atoms with E-state index in [1.165, 1.54) is 6.07 Å². The number of nitrogens with zero attached hydrogens (tertiary/aromatic N) is 1. The van der Waals surface area contributed by atoms with Crippen LogP contribution in [0.25, 0.3) is 0 Å². The molecule has 0 atom stereocenters. The number of hydrogen-bond acceptors (Lipinski definition) is 6. The summed E-state index contributed by atoms with van der Waals surface area (Å²) in [6.07, 6.45) is 0. The highest BCUT2D eigenvalue weighted by Gasteiger charge is 2.25. The molecule has 0 saturated carbocycles. The van der Waals surface area contributed by atoms with E-state index < -0.39 is 20.2 Å². The number of rotatable bonds is 3. The third-order valence-electron chi connectivity index (χ3n) is 1.60. The van der Waals surface area contributed by atoms with E-state index in [1.807, 2.05) is 0 Å². The van der Waals surface area contributed by atoms with Crippen molar-refractivity contribution in [3.63, 3.8) is 0 Å². The molecule has 0 saturated heterocycles. The third-order valence-corrected chi connectivity index (χ3v) is 3.50. The molecule has 0 radical (unpaired) electrons. The fourth-order valence-electron chi connectivity index (χ4n) is 0.919. The molecule has 7 nitrogen and oxygen atoms in total. The minimum Gasteiger partial charge on any atom is -0.273 e. The summed E-state index contributed by atoms with van der Waals surface area (Å²) >= 11 is 2.17. The molecular weight excluding hydrogens is 306 g/mol. The van der Waals surface area contributed by atoms with Crippen molar-refractivity contribution in [1.82, 2.24) is 0 Å². The van der Waals surface area contributed by atoms with Crippen molar-refractivity contribution in [2.24, 2.45) is 0 Å². The molecule has 86 valence electrons. The quantitative estimate of drug-likeness (QED) is 0.617. The molecule has 0 fully saturated rings. The molecule has 0 heterocycles. The lowest BCUT2D eigenvalue weighted by Crippen LogP contribution is -2.14. The molecule has 0 aromatic heterocycles. The van der Waals surface area contributed by atoms with Crippen molar-refractivity contribution < 1.29 is 21.4 Å². The second kappa shape index (κ2) is 4.68. The topological polar surface area (TPSA) is 104 Å². The smallest absolute Gasteiger partial charge is 0.273 e. The zero-order valence-corrected chi connectivity index (χ0v) is 9.89. The van der Waals surface area contributed by atoms with E-state index in [-0.39, 0.29) is 11.3 Å². The monoisotopic (exact) mass is 309 g/mol. The number of hydrogen-bond donors (Lipinski definition) is 0. The first kappa shape index (κ1) is 12.7. The lowest BCUT2D eigenvalue weighted by molar-refractivity contribution is -0.384. The van der Waals surface area contributed by atoms with Crippen LogP contribution in [0.2, 0.25) is 0 Å². The fourth-order valence-corrected chi connectivity index (χ4v) is 1.75. The van der Waals surface area contributed by atoms with Crippen LogP contribution >= 0.6 is 16.3 Å². The zero-order valence-electron chi connectivity index (χ0n) is 7.49. The molecule has 0 amide bonds. The average Bonchev–Trinajstić information content (AvgIpc) is 2.28. The van der Waals surface area contributed by atoms with E-state index in [4.69, 9.17) is 0 Å². The molecule has 0 aliphatic rings. The summed E-state index contributed by atoms with van der Waals surface area (Å²) < 4.78 is 25.8. The van der Waals surface area contributed by atoms with Gasteiger partial charge in [0.1, 0.15) is 16.3 Å². The minimum atomic E-state index is -4.44. The highest BCUT2D eigenvalue weighted by atomic mass is 79.9. The molecule has 0 aliphatic heterocycles. The van der Waals surface area contributed by atoms with Gasteiger partial charge in [0.25, 0.3) is 5.69 Å². The van der Waals surface area contributed by atoms with Crippen molar-refractivity contribution in [2.75, 3.05) is 0 Å². The first-order valence-electron chi connectivity index (χ1n) is 3.72. The maximum atomic E-state index is 11.3. The Morgan fingerprint density at radius 3 is 2.56 bits per heavy atom. The van der Waals surface area contributed by atoms with E-state index in [0.717, 1.165) is 18.2 Å². The molecule has 1 aromatic rings. The van der Waals surface area contributed by atoms with Crippen LogP contribution in [-0.2, 0) is 13.4 Å². The van der Waals surface area contributed by atoms with Crippen molar-refractivity contribution in [3.8, 4) is 0 Å². The molecule has 0 aliphatic carbocycles. The van der Waals surface area contributed by atoms with Crippen LogP contribution in [-0.4, -0.2) is 18.5 Å². The fraction of sp³-hybridized carbons (Fsp3) is 0. The number of carbonyl (C=O) groups excluding carboxylic acids is 1. The lowest BCUT2D eigenvalue weighted by atomic mass is 10.2. The number of benzene rings is 1. The predicted octanol–water partition coefficient (Wildman–Crippen LogP) is 1.39. The SMILES string of the molecule is O=C(c1cccc([N+](=O)[O-])c1)S(=O)(=O)OBr. The van der Waals surface area contributed by atoms with Crippen molar-refractivity contribution >= 4 is 37.2 Å². The Morgan fingerprint density at radius 2 is 2.06 bits per heavy atom. The minimum absolute atomic E-state index is 0.339. The van der Waals surface area contributed by atoms with Gasteiger partial charge >= 0.3 is 15.2 Å². The normalized spacial score (nSPS) is 11.1. The maximum absolute atomic E-state index is 11.3. The molecule has 1 aromatic carbocycles. The summed E-state index contributed by atoms with van der Waals surface area (Å²) in [4.78, 5) is 21.0. The summed E-state index contributed by atoms with van der Waals surface area (Å²) in [7, 11) is -4.44.